The van der Waals surface area contributed by atoms with Crippen molar-refractivity contribution in [2.24, 2.45) is 16.7 Å². The number of carbonyl (C=O) groups excluding carboxylic acids is 6. The molecule has 17 heteroatoms. The van der Waals surface area contributed by atoms with E-state index < -0.39 is 113 Å². The van der Waals surface area contributed by atoms with Gasteiger partial charge in [-0.1, -0.05) is 85.6 Å². The number of benzene rings is 3. The molecule has 2 saturated carbocycles. The summed E-state index contributed by atoms with van der Waals surface area (Å²) in [6, 6.07) is 18.9. The number of fused-ring (bicyclic) bond motifs is 5. The van der Waals surface area contributed by atoms with Crippen LogP contribution in [0.2, 0.25) is 10.0 Å². The molecule has 3 aliphatic carbocycles. The summed E-state index contributed by atoms with van der Waals surface area (Å²) in [5, 5.41) is 40.4. The molecule has 3 fully saturated rings. The molecule has 340 valence electrons. The second-order valence-electron chi connectivity index (χ2n) is 17.6. The molecule has 1 amide bonds. The number of hydrogen-bond donors (Lipinski definition) is 4. The van der Waals surface area contributed by atoms with Crippen LogP contribution in [0.25, 0.3) is 0 Å². The molecule has 3 aromatic carbocycles. The Balaban J connectivity index is 1.40. The maximum atomic E-state index is 15.5. The number of nitrogens with one attached hydrogen (secondary N) is 1. The zero-order chi connectivity index (χ0) is 46.7. The monoisotopic (exact) mass is 921 g/mol. The van der Waals surface area contributed by atoms with E-state index in [0.717, 1.165) is 13.8 Å². The van der Waals surface area contributed by atoms with Crippen molar-refractivity contribution in [3.63, 3.8) is 0 Å². The highest BCUT2D eigenvalue weighted by atomic mass is 35.5. The predicted octanol–water partition coefficient (Wildman–Crippen LogP) is 5.04. The Kier molecular flexibility index (Phi) is 12.7. The second kappa shape index (κ2) is 17.3. The number of aliphatic hydroxyl groups is 3. The highest BCUT2D eigenvalue weighted by Crippen LogP contribution is 2.64. The summed E-state index contributed by atoms with van der Waals surface area (Å²) in [4.78, 5) is 83.8. The van der Waals surface area contributed by atoms with Crippen LogP contribution in [0.4, 0.5) is 0 Å². The summed E-state index contributed by atoms with van der Waals surface area (Å²) in [6.07, 6.45) is -10.9. The molecule has 0 aromatic heterocycles. The average Bonchev–Trinajstić information content (AvgIpc) is 3.24. The minimum absolute atomic E-state index is 0.00759. The molecular formula is C47H49Cl2NO14. The molecule has 11 atom stereocenters. The number of esters is 4. The number of aliphatic hydroxyl groups excluding tert-OH is 2. The zero-order valence-corrected chi connectivity index (χ0v) is 37.3. The van der Waals surface area contributed by atoms with Crippen molar-refractivity contribution >= 4 is 58.8 Å². The number of carbonyl (C=O) groups is 6. The molecule has 7 rings (SSSR count). The highest BCUT2D eigenvalue weighted by molar-refractivity contribution is 6.42. The predicted molar refractivity (Wildman–Crippen MR) is 228 cm³/mol. The topological polar surface area (TPSA) is 221 Å². The van der Waals surface area contributed by atoms with Crippen LogP contribution in [0.1, 0.15) is 86.7 Å². The zero-order valence-electron chi connectivity index (χ0n) is 35.8. The molecule has 1 saturated heterocycles. The van der Waals surface area contributed by atoms with E-state index in [0.29, 0.717) is 5.56 Å². The minimum Gasteiger partial charge on any atom is -0.456 e. The lowest BCUT2D eigenvalue weighted by Crippen LogP contribution is -2.82. The van der Waals surface area contributed by atoms with Crippen molar-refractivity contribution in [1.82, 2.24) is 5.32 Å². The fraction of sp³-hybridized carbons (Fsp3) is 0.447. The quantitative estimate of drug-likeness (QED) is 0.119. The van der Waals surface area contributed by atoms with E-state index in [9.17, 15) is 39.3 Å². The van der Waals surface area contributed by atoms with Crippen LogP contribution in [0.15, 0.2) is 90.0 Å². The molecule has 2 bridgehead atoms. The minimum atomic E-state index is -2.46. The summed E-state index contributed by atoms with van der Waals surface area (Å²) in [5.74, 6) is -7.17. The van der Waals surface area contributed by atoms with Crippen molar-refractivity contribution in [2.45, 2.75) is 108 Å². The van der Waals surface area contributed by atoms with Gasteiger partial charge in [-0.2, -0.15) is 0 Å². The van der Waals surface area contributed by atoms with Gasteiger partial charge >= 0.3 is 23.9 Å². The summed E-state index contributed by atoms with van der Waals surface area (Å²) in [6.45, 7) is 7.78. The first-order chi connectivity index (χ1) is 30.1. The van der Waals surface area contributed by atoms with Crippen LogP contribution in [-0.4, -0.2) is 105 Å². The van der Waals surface area contributed by atoms with E-state index in [1.807, 2.05) is 0 Å². The van der Waals surface area contributed by atoms with Gasteiger partial charge in [-0.05, 0) is 60.9 Å². The number of ketones is 1. The van der Waals surface area contributed by atoms with Gasteiger partial charge in [0, 0.05) is 37.7 Å². The van der Waals surface area contributed by atoms with Crippen LogP contribution in [0, 0.1) is 16.7 Å². The van der Waals surface area contributed by atoms with Crippen LogP contribution in [0.3, 0.4) is 0 Å². The largest absolute Gasteiger partial charge is 0.456 e. The van der Waals surface area contributed by atoms with Gasteiger partial charge in [0.15, 0.2) is 23.6 Å². The lowest BCUT2D eigenvalue weighted by molar-refractivity contribution is -0.346. The lowest BCUT2D eigenvalue weighted by atomic mass is 9.44. The van der Waals surface area contributed by atoms with Gasteiger partial charge in [0.1, 0.15) is 23.9 Å². The summed E-state index contributed by atoms with van der Waals surface area (Å²) < 4.78 is 30.3. The molecule has 0 unspecified atom stereocenters. The number of rotatable bonds is 10. The van der Waals surface area contributed by atoms with Crippen molar-refractivity contribution in [3.8, 4) is 0 Å². The molecule has 4 N–H and O–H groups in total. The summed E-state index contributed by atoms with van der Waals surface area (Å²) >= 11 is 12.5. The number of halogens is 2. The normalized spacial score (nSPS) is 31.3. The van der Waals surface area contributed by atoms with E-state index in [4.69, 9.17) is 46.9 Å². The third-order valence-electron chi connectivity index (χ3n) is 13.6. The van der Waals surface area contributed by atoms with Gasteiger partial charge in [0.25, 0.3) is 5.91 Å². The van der Waals surface area contributed by atoms with Crippen molar-refractivity contribution in [3.05, 3.63) is 117 Å². The Hall–Kier alpha value is -5.16. The number of ether oxygens (including phenoxy) is 5. The average molecular weight is 923 g/mol. The van der Waals surface area contributed by atoms with Crippen molar-refractivity contribution in [1.29, 1.82) is 0 Å². The number of Topliss-reactive ketones (excluding diaryl/α,β-unsaturated/α-hetero) is 1. The maximum absolute atomic E-state index is 15.5. The molecule has 0 spiro atoms. The molecule has 15 nitrogen and oxygen atoms in total. The van der Waals surface area contributed by atoms with Gasteiger partial charge in [-0.3, -0.25) is 19.2 Å². The van der Waals surface area contributed by atoms with Crippen molar-refractivity contribution in [2.75, 3.05) is 6.61 Å². The SMILES string of the molecule is CC(=O)O[C@H]1C(=O)[C@@]2(C)[C@H]([C@H](OC(=O)c3ccc(Cl)c(Cl)c3)[C@]3(O)C[C@H](OC(=O)[C@H](O)[C@@H](NC(=O)c4ccccc4)c4ccccc4)C(C)=C1C3(C)C)[C@]1(OC(C)=O)CO[C@@H]1C[C@@H]2O. The van der Waals surface area contributed by atoms with Crippen molar-refractivity contribution < 1.29 is 67.8 Å². The first-order valence-corrected chi connectivity index (χ1v) is 21.4. The van der Waals surface area contributed by atoms with Gasteiger partial charge in [0.2, 0.25) is 0 Å². The van der Waals surface area contributed by atoms with Gasteiger partial charge in [0.05, 0.1) is 45.7 Å². The Morgan fingerprint density at radius 1 is 0.859 bits per heavy atom. The molecule has 3 aromatic rings. The Morgan fingerprint density at radius 2 is 1.50 bits per heavy atom. The van der Waals surface area contributed by atoms with Gasteiger partial charge in [-0.15, -0.1) is 0 Å². The molecule has 1 aliphatic heterocycles. The molecule has 1 heterocycles. The Bertz CT molecular complexity index is 2410. The van der Waals surface area contributed by atoms with E-state index in [1.54, 1.807) is 60.7 Å². The summed E-state index contributed by atoms with van der Waals surface area (Å²) in [7, 11) is 0. The first-order valence-electron chi connectivity index (χ1n) is 20.7. The maximum Gasteiger partial charge on any atom is 0.338 e. The van der Waals surface area contributed by atoms with Crippen LogP contribution in [0.5, 0.6) is 0 Å². The van der Waals surface area contributed by atoms with E-state index in [2.05, 4.69) is 5.32 Å². The number of amides is 1. The smallest absolute Gasteiger partial charge is 0.338 e. The van der Waals surface area contributed by atoms with Crippen LogP contribution < -0.4 is 5.32 Å². The van der Waals surface area contributed by atoms with Gasteiger partial charge < -0.3 is 44.3 Å². The third-order valence-corrected chi connectivity index (χ3v) is 14.4. The van der Waals surface area contributed by atoms with E-state index in [1.165, 1.54) is 45.9 Å². The molecular weight excluding hydrogens is 873 g/mol. The fourth-order valence-corrected chi connectivity index (χ4v) is 10.5. The van der Waals surface area contributed by atoms with E-state index in [-0.39, 0.29) is 45.3 Å². The Morgan fingerprint density at radius 3 is 2.08 bits per heavy atom. The molecule has 0 radical (unpaired) electrons. The van der Waals surface area contributed by atoms with Crippen LogP contribution >= 0.6 is 23.2 Å². The molecule has 64 heavy (non-hydrogen) atoms. The van der Waals surface area contributed by atoms with E-state index >= 15 is 4.79 Å². The standard InChI is InChI=1S/C47H49Cl2NO14/c1-23-31(62-43(58)36(54)35(26-13-9-7-10-14-26)50-41(56)27-15-11-8-12-16-27)21-47(59)40(63-42(57)28-17-18-29(48)30(49)19-28)38-45(6,32(53)20-33-46(38,22-60-33)64-25(3)52)39(55)37(61-24(2)51)34(23)44(47,4)5/h7-19,31-33,35-38,40,53-54,59H,20-22H2,1-6H3,(H,50,56)/t31-,32-,33+,35-,36+,37+,38-,40-,45+,46-,47+/m0/s1. The second-order valence-corrected chi connectivity index (χ2v) is 18.4. The third kappa shape index (κ3) is 7.79. The van der Waals surface area contributed by atoms with Crippen LogP contribution in [-0.2, 0) is 42.9 Å². The lowest BCUT2D eigenvalue weighted by Gasteiger charge is -2.67. The Labute approximate surface area is 378 Å². The summed E-state index contributed by atoms with van der Waals surface area (Å²) in [5.41, 5.74) is -7.54. The number of hydrogen-bond acceptors (Lipinski definition) is 14. The van der Waals surface area contributed by atoms with Gasteiger partial charge in [-0.25, -0.2) is 9.59 Å². The molecule has 4 aliphatic rings. The first kappa shape index (κ1) is 46.8. The highest BCUT2D eigenvalue weighted by Gasteiger charge is 2.78. The fourth-order valence-electron chi connectivity index (χ4n) is 10.2.